The lowest BCUT2D eigenvalue weighted by Gasteiger charge is -2.36. The van der Waals surface area contributed by atoms with Gasteiger partial charge >= 0.3 is 0 Å². The zero-order valence-electron chi connectivity index (χ0n) is 20.4. The monoisotopic (exact) mass is 443 g/mol. The number of rotatable bonds is 8. The summed E-state index contributed by atoms with van der Waals surface area (Å²) >= 11 is 0. The first-order valence-electron chi connectivity index (χ1n) is 12.0. The lowest BCUT2D eigenvalue weighted by atomic mass is 9.84. The largest absolute Gasteiger partial charge is 0.371 e. The van der Waals surface area contributed by atoms with Gasteiger partial charge in [-0.25, -0.2) is 0 Å². The van der Waals surface area contributed by atoms with Crippen LogP contribution in [-0.4, -0.2) is 30.5 Å². The van der Waals surface area contributed by atoms with E-state index in [9.17, 15) is 0 Å². The summed E-state index contributed by atoms with van der Waals surface area (Å²) in [4.78, 5) is 7.17. The molecule has 2 aliphatic rings. The fourth-order valence-electron chi connectivity index (χ4n) is 4.75. The van der Waals surface area contributed by atoms with E-state index in [0.29, 0.717) is 12.5 Å². The van der Waals surface area contributed by atoms with Crippen LogP contribution in [0.2, 0.25) is 0 Å². The average molecular weight is 444 g/mol. The SMILES string of the molecule is C=NNC(CCC)=NCc1cc(C(=C)N2CCC(C3=CCC(C#N)C=C3)CC2)c(C)cc1C. The molecular weight excluding hydrogens is 406 g/mol. The normalized spacial score (nSPS) is 19.1. The van der Waals surface area contributed by atoms with Crippen LogP contribution >= 0.6 is 0 Å². The van der Waals surface area contributed by atoms with Gasteiger partial charge in [-0.05, 0) is 73.8 Å². The molecule has 1 heterocycles. The highest BCUT2D eigenvalue weighted by atomic mass is 15.3. The molecule has 1 fully saturated rings. The van der Waals surface area contributed by atoms with Gasteiger partial charge in [0.25, 0.3) is 0 Å². The Balaban J connectivity index is 1.68. The van der Waals surface area contributed by atoms with Crippen molar-refractivity contribution >= 4 is 18.3 Å². The molecule has 1 unspecified atom stereocenters. The second kappa shape index (κ2) is 11.7. The fraction of sp³-hybridized carbons (Fsp3) is 0.464. The summed E-state index contributed by atoms with van der Waals surface area (Å²) in [5.74, 6) is 1.50. The Hall–Kier alpha value is -3.13. The summed E-state index contributed by atoms with van der Waals surface area (Å²) in [5.41, 5.74) is 10.4. The molecule has 1 N–H and O–H groups in total. The minimum Gasteiger partial charge on any atom is -0.371 e. The highest BCUT2D eigenvalue weighted by Crippen LogP contribution is 2.33. The molecule has 1 saturated heterocycles. The Labute approximate surface area is 199 Å². The lowest BCUT2D eigenvalue weighted by Crippen LogP contribution is -2.33. The maximum atomic E-state index is 9.10. The van der Waals surface area contributed by atoms with Crippen LogP contribution in [0.15, 0.2) is 52.6 Å². The third-order valence-corrected chi connectivity index (χ3v) is 6.77. The number of allylic oxidation sites excluding steroid dienone is 4. The van der Waals surface area contributed by atoms with Crippen LogP contribution in [0.4, 0.5) is 0 Å². The van der Waals surface area contributed by atoms with Crippen LogP contribution in [0, 0.1) is 37.0 Å². The van der Waals surface area contributed by atoms with Gasteiger partial charge in [-0.2, -0.15) is 10.4 Å². The minimum absolute atomic E-state index is 0.0403. The van der Waals surface area contributed by atoms with Crippen molar-refractivity contribution in [3.63, 3.8) is 0 Å². The zero-order chi connectivity index (χ0) is 23.8. The van der Waals surface area contributed by atoms with Crippen LogP contribution in [0.3, 0.4) is 0 Å². The molecule has 5 heteroatoms. The summed E-state index contributed by atoms with van der Waals surface area (Å²) in [6.07, 6.45) is 11.5. The third-order valence-electron chi connectivity index (χ3n) is 6.77. The molecule has 5 nitrogen and oxygen atoms in total. The number of benzene rings is 1. The number of hydrazone groups is 1. The number of likely N-dealkylation sites (tertiary alicyclic amines) is 1. The van der Waals surface area contributed by atoms with Gasteiger partial charge in [0.15, 0.2) is 0 Å². The number of nitrogens with zero attached hydrogens (tertiary/aromatic N) is 4. The van der Waals surface area contributed by atoms with Crippen molar-refractivity contribution in [1.29, 1.82) is 5.26 Å². The molecule has 3 rings (SSSR count). The van der Waals surface area contributed by atoms with E-state index in [1.54, 1.807) is 0 Å². The summed E-state index contributed by atoms with van der Waals surface area (Å²) in [6, 6.07) is 6.85. The Morgan fingerprint density at radius 2 is 2.00 bits per heavy atom. The first-order chi connectivity index (χ1) is 16.0. The van der Waals surface area contributed by atoms with Crippen molar-refractivity contribution in [3.05, 3.63) is 64.8 Å². The van der Waals surface area contributed by atoms with Gasteiger partial charge in [0.2, 0.25) is 0 Å². The topological polar surface area (TPSA) is 63.8 Å². The fourth-order valence-corrected chi connectivity index (χ4v) is 4.75. The van der Waals surface area contributed by atoms with Crippen LogP contribution < -0.4 is 5.43 Å². The van der Waals surface area contributed by atoms with Gasteiger partial charge in [0, 0.05) is 37.5 Å². The summed E-state index contributed by atoms with van der Waals surface area (Å²) < 4.78 is 0. The number of aryl methyl sites for hydroxylation is 2. The van der Waals surface area contributed by atoms with Gasteiger partial charge < -0.3 is 4.90 Å². The highest BCUT2D eigenvalue weighted by Gasteiger charge is 2.24. The van der Waals surface area contributed by atoms with Gasteiger partial charge in [0.05, 0.1) is 18.5 Å². The predicted octanol–water partition coefficient (Wildman–Crippen LogP) is 5.92. The van der Waals surface area contributed by atoms with Crippen LogP contribution in [0.5, 0.6) is 0 Å². The average Bonchev–Trinajstić information content (AvgIpc) is 2.83. The van der Waals surface area contributed by atoms with E-state index in [4.69, 9.17) is 10.3 Å². The molecule has 1 aliphatic heterocycles. The molecule has 33 heavy (non-hydrogen) atoms. The zero-order valence-corrected chi connectivity index (χ0v) is 20.4. The number of nitrogens with one attached hydrogen (secondary N) is 1. The number of hydrogen-bond acceptors (Lipinski definition) is 4. The maximum Gasteiger partial charge on any atom is 0.117 e. The number of piperidine rings is 1. The van der Waals surface area contributed by atoms with E-state index in [2.05, 4.69) is 85.9 Å². The molecule has 0 aromatic heterocycles. The van der Waals surface area contributed by atoms with Crippen molar-refractivity contribution in [3.8, 4) is 6.07 Å². The van der Waals surface area contributed by atoms with Gasteiger partial charge in [-0.15, -0.1) is 0 Å². The molecule has 1 aromatic rings. The Morgan fingerprint density at radius 3 is 2.61 bits per heavy atom. The first-order valence-corrected chi connectivity index (χ1v) is 12.0. The molecule has 0 saturated carbocycles. The molecule has 0 spiro atoms. The predicted molar refractivity (Wildman–Crippen MR) is 139 cm³/mol. The van der Waals surface area contributed by atoms with Crippen LogP contribution in [0.1, 0.15) is 61.3 Å². The molecule has 1 atom stereocenters. The quantitative estimate of drug-likeness (QED) is 0.308. The van der Waals surface area contributed by atoms with E-state index in [1.807, 2.05) is 0 Å². The summed E-state index contributed by atoms with van der Waals surface area (Å²) in [7, 11) is 0. The van der Waals surface area contributed by atoms with Gasteiger partial charge in [-0.1, -0.05) is 37.8 Å². The van der Waals surface area contributed by atoms with E-state index < -0.39 is 0 Å². The molecular formula is C28H37N5. The summed E-state index contributed by atoms with van der Waals surface area (Å²) in [5, 5.41) is 12.9. The molecule has 174 valence electrons. The molecule has 0 radical (unpaired) electrons. The number of nitriles is 1. The van der Waals surface area contributed by atoms with Crippen molar-refractivity contribution in [2.45, 2.75) is 59.4 Å². The van der Waals surface area contributed by atoms with Crippen molar-refractivity contribution in [2.24, 2.45) is 21.9 Å². The Bertz CT molecular complexity index is 1000. The smallest absolute Gasteiger partial charge is 0.117 e. The molecule has 0 amide bonds. The number of amidine groups is 1. The Morgan fingerprint density at radius 1 is 1.24 bits per heavy atom. The standard InChI is InChI=1S/C28H37N5/c1-6-7-28(32-30-5)31-19-26-17-27(21(3)16-20(26)2)22(4)33-14-12-25(13-15-33)24-10-8-23(18-29)9-11-24/h8,10-11,16-17,23,25H,4-7,9,12-15,19H2,1-3H3,(H,31,32). The second-order valence-electron chi connectivity index (χ2n) is 9.12. The highest BCUT2D eigenvalue weighted by molar-refractivity contribution is 5.82. The van der Waals surface area contributed by atoms with Crippen molar-refractivity contribution in [1.82, 2.24) is 10.3 Å². The van der Waals surface area contributed by atoms with E-state index >= 15 is 0 Å². The molecule has 0 bridgehead atoms. The maximum absolute atomic E-state index is 9.10. The van der Waals surface area contributed by atoms with E-state index in [1.165, 1.54) is 27.8 Å². The number of hydrogen-bond donors (Lipinski definition) is 1. The van der Waals surface area contributed by atoms with Crippen molar-refractivity contribution in [2.75, 3.05) is 13.1 Å². The van der Waals surface area contributed by atoms with E-state index in [-0.39, 0.29) is 5.92 Å². The van der Waals surface area contributed by atoms with Crippen LogP contribution in [-0.2, 0) is 6.54 Å². The first kappa shape index (κ1) is 24.5. The molecule has 1 aliphatic carbocycles. The number of aliphatic imine (C=N–C) groups is 1. The van der Waals surface area contributed by atoms with Gasteiger partial charge in [-0.3, -0.25) is 10.4 Å². The van der Waals surface area contributed by atoms with Gasteiger partial charge in [0.1, 0.15) is 5.84 Å². The second-order valence-corrected chi connectivity index (χ2v) is 9.12. The third kappa shape index (κ3) is 6.22. The minimum atomic E-state index is 0.0403. The molecule has 1 aromatic carbocycles. The van der Waals surface area contributed by atoms with E-state index in [0.717, 1.165) is 56.7 Å². The van der Waals surface area contributed by atoms with Crippen molar-refractivity contribution < 1.29 is 0 Å². The lowest BCUT2D eigenvalue weighted by molar-refractivity contribution is 0.280. The summed E-state index contributed by atoms with van der Waals surface area (Å²) in [6.45, 7) is 17.1. The Kier molecular flexibility index (Phi) is 8.65. The van der Waals surface area contributed by atoms with Crippen LogP contribution in [0.25, 0.3) is 5.70 Å².